The summed E-state index contributed by atoms with van der Waals surface area (Å²) >= 11 is 3.38. The molecule has 1 aliphatic rings. The van der Waals surface area contributed by atoms with Crippen molar-refractivity contribution >= 4 is 21.9 Å². The number of aliphatic carboxylic acids is 1. The molecule has 0 spiro atoms. The highest BCUT2D eigenvalue weighted by Crippen LogP contribution is 2.39. The van der Waals surface area contributed by atoms with E-state index >= 15 is 0 Å². The second kappa shape index (κ2) is 4.35. The summed E-state index contributed by atoms with van der Waals surface area (Å²) < 4.78 is 0.950. The summed E-state index contributed by atoms with van der Waals surface area (Å²) in [6.07, 6.45) is 3.26. The fourth-order valence-electron chi connectivity index (χ4n) is 2.09. The number of carboxylic acid groups (broad SMARTS) is 1. The molecule has 1 aromatic carbocycles. The number of rotatable bonds is 3. The normalized spacial score (nSPS) is 18.2. The lowest BCUT2D eigenvalue weighted by Crippen LogP contribution is -2.26. The van der Waals surface area contributed by atoms with Crippen molar-refractivity contribution in [2.45, 2.75) is 25.2 Å². The first-order valence-electron chi connectivity index (χ1n) is 5.17. The summed E-state index contributed by atoms with van der Waals surface area (Å²) in [6.45, 7) is 0. The van der Waals surface area contributed by atoms with Crippen molar-refractivity contribution in [2.75, 3.05) is 0 Å². The van der Waals surface area contributed by atoms with E-state index in [1.165, 1.54) is 6.42 Å². The summed E-state index contributed by atoms with van der Waals surface area (Å²) in [6, 6.07) is 7.64. The molecule has 0 aliphatic heterocycles. The maximum Gasteiger partial charge on any atom is 0.311 e. The molecule has 0 aromatic heterocycles. The molecule has 1 fully saturated rings. The van der Waals surface area contributed by atoms with E-state index in [-0.39, 0.29) is 5.92 Å². The smallest absolute Gasteiger partial charge is 0.311 e. The lowest BCUT2D eigenvalue weighted by Gasteiger charge is -2.31. The Hall–Kier alpha value is -0.830. The Kier molecular flexibility index (Phi) is 3.10. The van der Waals surface area contributed by atoms with Gasteiger partial charge >= 0.3 is 5.97 Å². The lowest BCUT2D eigenvalue weighted by molar-refractivity contribution is -0.141. The third-order valence-electron chi connectivity index (χ3n) is 3.10. The minimum atomic E-state index is -0.696. The average Bonchev–Trinajstić information content (AvgIpc) is 2.10. The molecule has 80 valence electrons. The van der Waals surface area contributed by atoms with Crippen LogP contribution >= 0.6 is 15.9 Å². The zero-order chi connectivity index (χ0) is 10.8. The largest absolute Gasteiger partial charge is 0.481 e. The van der Waals surface area contributed by atoms with Crippen LogP contribution in [0.2, 0.25) is 0 Å². The van der Waals surface area contributed by atoms with Gasteiger partial charge in [-0.25, -0.2) is 0 Å². The number of carbonyl (C=O) groups is 1. The molecule has 0 saturated heterocycles. The third-order valence-corrected chi connectivity index (χ3v) is 3.59. The Balaban J connectivity index is 2.27. The van der Waals surface area contributed by atoms with Gasteiger partial charge in [-0.1, -0.05) is 34.5 Å². The Bertz CT molecular complexity index is 372. The van der Waals surface area contributed by atoms with Gasteiger partial charge in [0.1, 0.15) is 0 Å². The highest BCUT2D eigenvalue weighted by molar-refractivity contribution is 9.10. The van der Waals surface area contributed by atoms with Gasteiger partial charge in [-0.15, -0.1) is 0 Å². The Morgan fingerprint density at radius 3 is 2.67 bits per heavy atom. The van der Waals surface area contributed by atoms with E-state index in [2.05, 4.69) is 15.9 Å². The quantitative estimate of drug-likeness (QED) is 0.912. The van der Waals surface area contributed by atoms with Crippen LogP contribution in [0, 0.1) is 5.92 Å². The number of carboxylic acids is 1. The van der Waals surface area contributed by atoms with E-state index in [0.29, 0.717) is 5.92 Å². The van der Waals surface area contributed by atoms with Crippen LogP contribution in [0.3, 0.4) is 0 Å². The molecular formula is C12H13BrO2. The van der Waals surface area contributed by atoms with E-state index in [1.807, 2.05) is 24.3 Å². The number of hydrogen-bond acceptors (Lipinski definition) is 1. The molecule has 2 nitrogen and oxygen atoms in total. The van der Waals surface area contributed by atoms with Crippen LogP contribution in [0.4, 0.5) is 0 Å². The highest BCUT2D eigenvalue weighted by Gasteiger charge is 2.33. The van der Waals surface area contributed by atoms with Crippen molar-refractivity contribution in [2.24, 2.45) is 5.92 Å². The topological polar surface area (TPSA) is 37.3 Å². The fourth-order valence-corrected chi connectivity index (χ4v) is 2.51. The van der Waals surface area contributed by atoms with Crippen LogP contribution in [0.1, 0.15) is 30.7 Å². The van der Waals surface area contributed by atoms with Crippen LogP contribution < -0.4 is 0 Å². The van der Waals surface area contributed by atoms with Crippen molar-refractivity contribution in [3.63, 3.8) is 0 Å². The van der Waals surface area contributed by atoms with Gasteiger partial charge in [0, 0.05) is 4.47 Å². The average molecular weight is 269 g/mol. The molecule has 15 heavy (non-hydrogen) atoms. The van der Waals surface area contributed by atoms with Crippen molar-refractivity contribution in [3.8, 4) is 0 Å². The van der Waals surface area contributed by atoms with E-state index in [4.69, 9.17) is 0 Å². The van der Waals surface area contributed by atoms with Crippen molar-refractivity contribution in [1.29, 1.82) is 0 Å². The molecule has 1 aromatic rings. The van der Waals surface area contributed by atoms with Crippen molar-refractivity contribution < 1.29 is 9.90 Å². The molecule has 1 atom stereocenters. The Labute approximate surface area is 97.4 Å². The van der Waals surface area contributed by atoms with Crippen LogP contribution in [0.15, 0.2) is 28.7 Å². The minimum Gasteiger partial charge on any atom is -0.481 e. The van der Waals surface area contributed by atoms with Gasteiger partial charge in [0.05, 0.1) is 5.92 Å². The fraction of sp³-hybridized carbons (Fsp3) is 0.417. The van der Waals surface area contributed by atoms with Crippen LogP contribution in [0.25, 0.3) is 0 Å². The second-order valence-corrected chi connectivity index (χ2v) is 4.98. The van der Waals surface area contributed by atoms with E-state index in [9.17, 15) is 9.90 Å². The first kappa shape index (κ1) is 10.7. The molecule has 1 saturated carbocycles. The Morgan fingerprint density at radius 1 is 1.47 bits per heavy atom. The molecule has 0 radical (unpaired) electrons. The standard InChI is InChI=1S/C12H13BrO2/c13-10-6-2-5-9(7-10)11(12(14)15)8-3-1-4-8/h2,5-8,11H,1,3-4H2,(H,14,15). The van der Waals surface area contributed by atoms with E-state index < -0.39 is 5.97 Å². The Morgan fingerprint density at radius 2 is 2.20 bits per heavy atom. The molecule has 1 unspecified atom stereocenters. The third kappa shape index (κ3) is 2.23. The van der Waals surface area contributed by atoms with Crippen molar-refractivity contribution in [1.82, 2.24) is 0 Å². The van der Waals surface area contributed by atoms with Crippen molar-refractivity contribution in [3.05, 3.63) is 34.3 Å². The predicted molar refractivity (Wildman–Crippen MR) is 61.9 cm³/mol. The molecule has 0 amide bonds. The van der Waals surface area contributed by atoms with E-state index in [0.717, 1.165) is 22.9 Å². The molecule has 0 bridgehead atoms. The molecule has 2 rings (SSSR count). The number of benzene rings is 1. The zero-order valence-electron chi connectivity index (χ0n) is 8.32. The summed E-state index contributed by atoms with van der Waals surface area (Å²) in [7, 11) is 0. The van der Waals surface area contributed by atoms with Gasteiger partial charge in [-0.2, -0.15) is 0 Å². The predicted octanol–water partition coefficient (Wildman–Crippen LogP) is 3.42. The van der Waals surface area contributed by atoms with Gasteiger partial charge in [-0.05, 0) is 36.5 Å². The molecule has 1 N–H and O–H groups in total. The lowest BCUT2D eigenvalue weighted by atomic mass is 9.73. The molecule has 1 aliphatic carbocycles. The summed E-state index contributed by atoms with van der Waals surface area (Å²) in [5.41, 5.74) is 0.918. The maximum atomic E-state index is 11.2. The first-order valence-corrected chi connectivity index (χ1v) is 5.96. The molecular weight excluding hydrogens is 256 g/mol. The maximum absolute atomic E-state index is 11.2. The van der Waals surface area contributed by atoms with E-state index in [1.54, 1.807) is 0 Å². The second-order valence-electron chi connectivity index (χ2n) is 4.06. The summed E-state index contributed by atoms with van der Waals surface area (Å²) in [5.74, 6) is -0.689. The first-order chi connectivity index (χ1) is 7.18. The van der Waals surface area contributed by atoms with Gasteiger partial charge in [-0.3, -0.25) is 4.79 Å². The number of halogens is 1. The van der Waals surface area contributed by atoms with Gasteiger partial charge in [0.2, 0.25) is 0 Å². The summed E-state index contributed by atoms with van der Waals surface area (Å²) in [5, 5.41) is 9.24. The van der Waals surface area contributed by atoms with Crippen LogP contribution in [0.5, 0.6) is 0 Å². The monoisotopic (exact) mass is 268 g/mol. The summed E-state index contributed by atoms with van der Waals surface area (Å²) in [4.78, 5) is 11.2. The minimum absolute atomic E-state index is 0.323. The van der Waals surface area contributed by atoms with Gasteiger partial charge in [0.25, 0.3) is 0 Å². The zero-order valence-corrected chi connectivity index (χ0v) is 9.90. The van der Waals surface area contributed by atoms with Crippen LogP contribution in [-0.2, 0) is 4.79 Å². The van der Waals surface area contributed by atoms with Gasteiger partial charge < -0.3 is 5.11 Å². The highest BCUT2D eigenvalue weighted by atomic mass is 79.9. The SMILES string of the molecule is O=C(O)C(c1cccc(Br)c1)C1CCC1. The molecule has 3 heteroatoms. The van der Waals surface area contributed by atoms with Gasteiger partial charge in [0.15, 0.2) is 0 Å². The molecule has 0 heterocycles. The number of hydrogen-bond donors (Lipinski definition) is 1. The van der Waals surface area contributed by atoms with Crippen LogP contribution in [-0.4, -0.2) is 11.1 Å².